The highest BCUT2D eigenvalue weighted by atomic mass is 35.5. The second-order valence-electron chi connectivity index (χ2n) is 4.74. The molecular weight excluding hydrogens is 306 g/mol. The molecule has 1 N–H and O–H groups in total. The summed E-state index contributed by atoms with van der Waals surface area (Å²) >= 11 is 6.01. The van der Waals surface area contributed by atoms with E-state index in [9.17, 15) is 9.59 Å². The second kappa shape index (κ2) is 7.05. The number of Topliss-reactive ketones (excluding diaryl/α,β-unsaturated/α-hetero) is 1. The Morgan fingerprint density at radius 3 is 2.77 bits per heavy atom. The maximum Gasteiger partial charge on any atom is 0.339 e. The average Bonchev–Trinajstić information content (AvgIpc) is 3.32. The molecule has 0 aromatic heterocycles. The zero-order valence-corrected chi connectivity index (χ0v) is 12.7. The number of hydrazone groups is 1. The van der Waals surface area contributed by atoms with Gasteiger partial charge in [0, 0.05) is 5.92 Å². The molecule has 7 heteroatoms. The van der Waals surface area contributed by atoms with E-state index in [2.05, 4.69) is 10.5 Å². The minimum Gasteiger partial charge on any atom is -0.462 e. The number of benzene rings is 1. The highest BCUT2D eigenvalue weighted by molar-refractivity contribution is 6.47. The van der Waals surface area contributed by atoms with Crippen molar-refractivity contribution in [1.82, 2.24) is 0 Å². The molecule has 0 amide bonds. The van der Waals surface area contributed by atoms with E-state index in [1.807, 2.05) is 0 Å². The molecule has 0 spiro atoms. The van der Waals surface area contributed by atoms with Gasteiger partial charge in [0.1, 0.15) is 6.07 Å². The molecule has 1 aromatic rings. The summed E-state index contributed by atoms with van der Waals surface area (Å²) in [6, 6.07) is 6.33. The normalized spacial score (nSPS) is 14.1. The first-order valence-corrected chi connectivity index (χ1v) is 7.19. The number of ketones is 1. The zero-order chi connectivity index (χ0) is 16.1. The Labute approximate surface area is 132 Å². The summed E-state index contributed by atoms with van der Waals surface area (Å²) in [5.74, 6) is -0.830. The van der Waals surface area contributed by atoms with Crippen LogP contribution in [0.25, 0.3) is 0 Å². The molecule has 0 bridgehead atoms. The van der Waals surface area contributed by atoms with Crippen LogP contribution in [-0.2, 0) is 9.53 Å². The minimum atomic E-state index is -0.510. The number of ether oxygens (including phenoxy) is 1. The number of halogens is 1. The summed E-state index contributed by atoms with van der Waals surface area (Å²) in [6.07, 6.45) is 1.61. The van der Waals surface area contributed by atoms with Crippen molar-refractivity contribution in [2.75, 3.05) is 12.0 Å². The number of nitrogens with one attached hydrogen (secondary N) is 1. The van der Waals surface area contributed by atoms with Crippen molar-refractivity contribution in [2.24, 2.45) is 11.0 Å². The smallest absolute Gasteiger partial charge is 0.339 e. The number of anilines is 1. The van der Waals surface area contributed by atoms with Gasteiger partial charge in [-0.25, -0.2) is 4.79 Å². The fourth-order valence-electron chi connectivity index (χ4n) is 1.75. The summed E-state index contributed by atoms with van der Waals surface area (Å²) in [5, 5.41) is 13.0. The molecular formula is C15H14ClN3O3. The first kappa shape index (κ1) is 16.0. The van der Waals surface area contributed by atoms with Gasteiger partial charge in [0.05, 0.1) is 22.9 Å². The lowest BCUT2D eigenvalue weighted by atomic mass is 10.2. The Bertz CT molecular complexity index is 675. The third-order valence-corrected chi connectivity index (χ3v) is 3.36. The fraction of sp³-hybridized carbons (Fsp3) is 0.333. The number of carbonyl (C=O) groups is 2. The monoisotopic (exact) mass is 319 g/mol. The molecule has 1 aromatic carbocycles. The topological polar surface area (TPSA) is 91.5 Å². The van der Waals surface area contributed by atoms with Crippen molar-refractivity contribution in [3.63, 3.8) is 0 Å². The molecule has 1 aliphatic rings. The lowest BCUT2D eigenvalue weighted by Gasteiger charge is -2.06. The summed E-state index contributed by atoms with van der Waals surface area (Å²) < 4.78 is 4.87. The summed E-state index contributed by atoms with van der Waals surface area (Å²) in [6.45, 7) is 1.96. The van der Waals surface area contributed by atoms with Crippen molar-refractivity contribution < 1.29 is 14.3 Å². The van der Waals surface area contributed by atoms with E-state index >= 15 is 0 Å². The Morgan fingerprint density at radius 2 is 2.23 bits per heavy atom. The average molecular weight is 320 g/mol. The molecule has 0 atom stereocenters. The highest BCUT2D eigenvalue weighted by Crippen LogP contribution is 2.30. The molecule has 1 saturated carbocycles. The van der Waals surface area contributed by atoms with E-state index in [0.717, 1.165) is 12.8 Å². The maximum atomic E-state index is 11.8. The van der Waals surface area contributed by atoms with Crippen molar-refractivity contribution in [3.8, 4) is 6.07 Å². The molecule has 0 unspecified atom stereocenters. The van der Waals surface area contributed by atoms with Crippen LogP contribution in [0, 0.1) is 17.2 Å². The van der Waals surface area contributed by atoms with E-state index in [1.54, 1.807) is 19.1 Å². The van der Waals surface area contributed by atoms with Crippen LogP contribution in [0.15, 0.2) is 23.3 Å². The Balaban J connectivity index is 2.10. The van der Waals surface area contributed by atoms with Crippen LogP contribution in [0.2, 0.25) is 5.02 Å². The first-order chi connectivity index (χ1) is 10.6. The Hall–Kier alpha value is -2.39. The number of nitrogens with zero attached hydrogens (tertiary/aromatic N) is 2. The summed E-state index contributed by atoms with van der Waals surface area (Å²) in [5.41, 5.74) is 3.16. The number of esters is 1. The molecule has 114 valence electrons. The molecule has 22 heavy (non-hydrogen) atoms. The molecule has 0 aliphatic heterocycles. The van der Waals surface area contributed by atoms with Gasteiger partial charge in [0.2, 0.25) is 5.71 Å². The van der Waals surface area contributed by atoms with Crippen molar-refractivity contribution in [3.05, 3.63) is 28.8 Å². The SMILES string of the molecule is CCOC(=O)c1ccc(N/N=C(/C#N)C(=O)C2CC2)cc1Cl. The first-order valence-electron chi connectivity index (χ1n) is 6.81. The molecule has 2 rings (SSSR count). The van der Waals surface area contributed by atoms with E-state index < -0.39 is 5.97 Å². The molecule has 6 nitrogen and oxygen atoms in total. The van der Waals surface area contributed by atoms with Gasteiger partial charge < -0.3 is 4.74 Å². The van der Waals surface area contributed by atoms with Gasteiger partial charge in [-0.2, -0.15) is 10.4 Å². The van der Waals surface area contributed by atoms with Crippen LogP contribution in [0.1, 0.15) is 30.1 Å². The van der Waals surface area contributed by atoms with Gasteiger partial charge >= 0.3 is 5.97 Å². The van der Waals surface area contributed by atoms with Crippen LogP contribution in [0.4, 0.5) is 5.69 Å². The number of hydrogen-bond donors (Lipinski definition) is 1. The number of hydrogen-bond acceptors (Lipinski definition) is 6. The largest absolute Gasteiger partial charge is 0.462 e. The van der Waals surface area contributed by atoms with Crippen molar-refractivity contribution in [2.45, 2.75) is 19.8 Å². The van der Waals surface area contributed by atoms with Gasteiger partial charge in [0.15, 0.2) is 5.78 Å². The molecule has 0 heterocycles. The van der Waals surface area contributed by atoms with Crippen LogP contribution in [0.3, 0.4) is 0 Å². The van der Waals surface area contributed by atoms with Gasteiger partial charge in [-0.3, -0.25) is 10.2 Å². The van der Waals surface area contributed by atoms with E-state index in [0.29, 0.717) is 5.69 Å². The Kier molecular flexibility index (Phi) is 5.12. The highest BCUT2D eigenvalue weighted by Gasteiger charge is 2.33. The molecule has 1 fully saturated rings. The maximum absolute atomic E-state index is 11.8. The number of nitriles is 1. The standard InChI is InChI=1S/C15H14ClN3O3/c1-2-22-15(21)11-6-5-10(7-12(11)16)18-19-13(8-17)14(20)9-3-4-9/h5-7,9,18H,2-4H2,1H3/b19-13-. The van der Waals surface area contributed by atoms with Crippen LogP contribution in [-0.4, -0.2) is 24.1 Å². The predicted octanol–water partition coefficient (Wildman–Crippen LogP) is 2.79. The lowest BCUT2D eigenvalue weighted by Crippen LogP contribution is -2.15. The Morgan fingerprint density at radius 1 is 1.50 bits per heavy atom. The van der Waals surface area contributed by atoms with Crippen molar-refractivity contribution in [1.29, 1.82) is 5.26 Å². The zero-order valence-electron chi connectivity index (χ0n) is 11.9. The fourth-order valence-corrected chi connectivity index (χ4v) is 2.01. The second-order valence-corrected chi connectivity index (χ2v) is 5.14. The number of rotatable bonds is 6. The van der Waals surface area contributed by atoms with Gasteiger partial charge in [-0.15, -0.1) is 0 Å². The van der Waals surface area contributed by atoms with Crippen molar-refractivity contribution >= 4 is 34.8 Å². The quantitative estimate of drug-likeness (QED) is 0.494. The molecule has 0 radical (unpaired) electrons. The van der Waals surface area contributed by atoms with Gasteiger partial charge in [0.25, 0.3) is 0 Å². The molecule has 0 saturated heterocycles. The van der Waals surface area contributed by atoms with Gasteiger partial charge in [-0.1, -0.05) is 11.6 Å². The van der Waals surface area contributed by atoms with E-state index in [-0.39, 0.29) is 34.6 Å². The van der Waals surface area contributed by atoms with Crippen LogP contribution >= 0.6 is 11.6 Å². The summed E-state index contributed by atoms with van der Waals surface area (Å²) in [4.78, 5) is 23.4. The third kappa shape index (κ3) is 3.83. The minimum absolute atomic E-state index is 0.0741. The van der Waals surface area contributed by atoms with Crippen LogP contribution in [0.5, 0.6) is 0 Å². The van der Waals surface area contributed by atoms with E-state index in [4.69, 9.17) is 21.6 Å². The van der Waals surface area contributed by atoms with Gasteiger partial charge in [-0.05, 0) is 38.0 Å². The number of carbonyl (C=O) groups excluding carboxylic acids is 2. The summed E-state index contributed by atoms with van der Waals surface area (Å²) in [7, 11) is 0. The lowest BCUT2D eigenvalue weighted by molar-refractivity contribution is -0.113. The molecule has 1 aliphatic carbocycles. The predicted molar refractivity (Wildman–Crippen MR) is 81.8 cm³/mol. The third-order valence-electron chi connectivity index (χ3n) is 3.05. The van der Waals surface area contributed by atoms with E-state index in [1.165, 1.54) is 12.1 Å². The van der Waals surface area contributed by atoms with Crippen LogP contribution < -0.4 is 5.43 Å².